The molecule has 0 atom stereocenters. The third-order valence-electron chi connectivity index (χ3n) is 3.22. The van der Waals surface area contributed by atoms with Crippen LogP contribution >= 0.6 is 35.7 Å². The number of rotatable bonds is 7. The molecule has 0 aliphatic heterocycles. The molecule has 0 fully saturated rings. The van der Waals surface area contributed by atoms with Gasteiger partial charge >= 0.3 is 0 Å². The van der Waals surface area contributed by atoms with E-state index in [-0.39, 0.29) is 28.7 Å². The number of hydrogen-bond donors (Lipinski definition) is 2. The molecule has 7 heteroatoms. The summed E-state index contributed by atoms with van der Waals surface area (Å²) in [6.07, 6.45) is 2.54. The average molecular weight is 457 g/mol. The summed E-state index contributed by atoms with van der Waals surface area (Å²) in [4.78, 5) is 4.54. The molecule has 0 aliphatic rings. The van der Waals surface area contributed by atoms with Gasteiger partial charge < -0.3 is 10.6 Å². The highest BCUT2D eigenvalue weighted by molar-refractivity contribution is 14.0. The van der Waals surface area contributed by atoms with E-state index in [0.717, 1.165) is 12.6 Å². The summed E-state index contributed by atoms with van der Waals surface area (Å²) < 4.78 is 26.5. The van der Waals surface area contributed by atoms with Gasteiger partial charge in [0.25, 0.3) is 0 Å². The summed E-state index contributed by atoms with van der Waals surface area (Å²) >= 11 is 1.76. The van der Waals surface area contributed by atoms with Crippen LogP contribution in [0.1, 0.15) is 26.3 Å². The lowest BCUT2D eigenvalue weighted by Crippen LogP contribution is -2.39. The molecule has 0 radical (unpaired) electrons. The van der Waals surface area contributed by atoms with E-state index in [1.165, 1.54) is 12.1 Å². The lowest BCUT2D eigenvalue weighted by atomic mass is 10.1. The van der Waals surface area contributed by atoms with Crippen molar-refractivity contribution in [1.29, 1.82) is 0 Å². The van der Waals surface area contributed by atoms with Crippen LogP contribution in [0.2, 0.25) is 0 Å². The number of halogens is 3. The first-order valence-electron chi connectivity index (χ1n) is 7.39. The number of aliphatic imine (C=N–C) groups is 1. The Morgan fingerprint density at radius 1 is 1.26 bits per heavy atom. The molecule has 2 N–H and O–H groups in total. The fraction of sp³-hybridized carbons (Fsp3) is 0.562. The molecule has 0 saturated heterocycles. The smallest absolute Gasteiger partial charge is 0.191 e. The molecule has 1 aromatic rings. The summed E-state index contributed by atoms with van der Waals surface area (Å²) in [6.45, 7) is 8.26. The van der Waals surface area contributed by atoms with Gasteiger partial charge in [0.1, 0.15) is 11.6 Å². The van der Waals surface area contributed by atoms with Crippen LogP contribution < -0.4 is 10.6 Å². The van der Waals surface area contributed by atoms with Crippen molar-refractivity contribution in [3.05, 3.63) is 35.4 Å². The molecular formula is C16H26F2IN3S. The predicted molar refractivity (Wildman–Crippen MR) is 107 cm³/mol. The van der Waals surface area contributed by atoms with E-state index < -0.39 is 11.6 Å². The Bertz CT molecular complexity index is 510. The van der Waals surface area contributed by atoms with Gasteiger partial charge in [-0.15, -0.1) is 24.0 Å². The van der Waals surface area contributed by atoms with Gasteiger partial charge in [0, 0.05) is 23.9 Å². The van der Waals surface area contributed by atoms with Crippen molar-refractivity contribution in [3.8, 4) is 0 Å². The lowest BCUT2D eigenvalue weighted by molar-refractivity contribution is 0.570. The van der Waals surface area contributed by atoms with Crippen molar-refractivity contribution in [2.45, 2.75) is 31.9 Å². The maximum Gasteiger partial charge on any atom is 0.191 e. The highest BCUT2D eigenvalue weighted by Gasteiger charge is 2.15. The van der Waals surface area contributed by atoms with Gasteiger partial charge in [-0.05, 0) is 45.1 Å². The minimum absolute atomic E-state index is 0. The van der Waals surface area contributed by atoms with Gasteiger partial charge in [-0.1, -0.05) is 6.07 Å². The molecule has 23 heavy (non-hydrogen) atoms. The molecule has 0 spiro atoms. The highest BCUT2D eigenvalue weighted by atomic mass is 127. The molecule has 132 valence electrons. The summed E-state index contributed by atoms with van der Waals surface area (Å²) in [7, 11) is 0. The van der Waals surface area contributed by atoms with E-state index in [1.54, 1.807) is 11.8 Å². The molecule has 3 nitrogen and oxygen atoms in total. The van der Waals surface area contributed by atoms with Crippen LogP contribution in [0.4, 0.5) is 8.78 Å². The third kappa shape index (κ3) is 8.74. The van der Waals surface area contributed by atoms with Crippen LogP contribution in [-0.4, -0.2) is 36.6 Å². The largest absolute Gasteiger partial charge is 0.357 e. The second kappa shape index (κ2) is 11.1. The molecule has 0 unspecified atom stereocenters. The van der Waals surface area contributed by atoms with Crippen LogP contribution in [0.25, 0.3) is 0 Å². The first kappa shape index (κ1) is 22.4. The van der Waals surface area contributed by atoms with E-state index in [4.69, 9.17) is 0 Å². The zero-order chi connectivity index (χ0) is 16.6. The minimum atomic E-state index is -0.552. The van der Waals surface area contributed by atoms with Gasteiger partial charge in [0.05, 0.1) is 6.54 Å². The maximum absolute atomic E-state index is 13.6. The Morgan fingerprint density at radius 3 is 2.52 bits per heavy atom. The van der Waals surface area contributed by atoms with Gasteiger partial charge in [-0.3, -0.25) is 4.99 Å². The van der Waals surface area contributed by atoms with Gasteiger partial charge in [-0.2, -0.15) is 11.8 Å². The van der Waals surface area contributed by atoms with Gasteiger partial charge in [-0.25, -0.2) is 8.78 Å². The molecule has 0 aromatic heterocycles. The Kier molecular flexibility index (Phi) is 10.8. The Morgan fingerprint density at radius 2 is 1.96 bits per heavy atom. The fourth-order valence-corrected chi connectivity index (χ4v) is 1.91. The van der Waals surface area contributed by atoms with Crippen molar-refractivity contribution < 1.29 is 8.78 Å². The van der Waals surface area contributed by atoms with Crippen LogP contribution in [0, 0.1) is 11.6 Å². The molecule has 0 heterocycles. The summed E-state index contributed by atoms with van der Waals surface area (Å²) in [6, 6.07) is 3.67. The van der Waals surface area contributed by atoms with E-state index in [1.807, 2.05) is 6.92 Å². The average Bonchev–Trinajstić information content (AvgIpc) is 2.47. The predicted octanol–water partition coefficient (Wildman–Crippen LogP) is 3.82. The minimum Gasteiger partial charge on any atom is -0.357 e. The van der Waals surface area contributed by atoms with Crippen molar-refractivity contribution in [2.24, 2.45) is 4.99 Å². The second-order valence-corrected chi connectivity index (χ2v) is 7.08. The number of nitrogens with one attached hydrogen (secondary N) is 2. The molecule has 0 amide bonds. The SMILES string of the molecule is CCNC(=NCC(C)(C)SC)NCCc1ccc(F)cc1F.I. The van der Waals surface area contributed by atoms with Crippen molar-refractivity contribution in [1.82, 2.24) is 10.6 Å². The zero-order valence-electron chi connectivity index (χ0n) is 14.1. The number of thioether (sulfide) groups is 1. The van der Waals surface area contributed by atoms with E-state index in [9.17, 15) is 8.78 Å². The van der Waals surface area contributed by atoms with Crippen LogP contribution in [0.5, 0.6) is 0 Å². The summed E-state index contributed by atoms with van der Waals surface area (Å²) in [5, 5.41) is 6.34. The zero-order valence-corrected chi connectivity index (χ0v) is 17.2. The Hall–Kier alpha value is -0.570. The number of nitrogens with zero attached hydrogens (tertiary/aromatic N) is 1. The molecular weight excluding hydrogens is 431 g/mol. The van der Waals surface area contributed by atoms with Gasteiger partial charge in [0.2, 0.25) is 0 Å². The molecule has 1 aromatic carbocycles. The lowest BCUT2D eigenvalue weighted by Gasteiger charge is -2.20. The Balaban J connectivity index is 0.00000484. The highest BCUT2D eigenvalue weighted by Crippen LogP contribution is 2.20. The second-order valence-electron chi connectivity index (χ2n) is 5.57. The molecule has 0 aliphatic carbocycles. The van der Waals surface area contributed by atoms with Gasteiger partial charge in [0.15, 0.2) is 5.96 Å². The first-order valence-corrected chi connectivity index (χ1v) is 8.61. The third-order valence-corrected chi connectivity index (χ3v) is 4.45. The first-order chi connectivity index (χ1) is 10.4. The molecule has 1 rings (SSSR count). The van der Waals surface area contributed by atoms with Crippen LogP contribution in [0.3, 0.4) is 0 Å². The standard InChI is InChI=1S/C16H25F2N3S.HI/c1-5-19-15(21-11-16(2,3)22-4)20-9-8-12-6-7-13(17)10-14(12)18;/h6-7,10H,5,8-9,11H2,1-4H3,(H2,19,20,21);1H. The van der Waals surface area contributed by atoms with E-state index in [2.05, 4.69) is 35.7 Å². The van der Waals surface area contributed by atoms with Crippen molar-refractivity contribution >= 4 is 41.7 Å². The molecule has 0 bridgehead atoms. The quantitative estimate of drug-likeness (QED) is 0.372. The van der Waals surface area contributed by atoms with Crippen molar-refractivity contribution in [2.75, 3.05) is 25.9 Å². The Labute approximate surface area is 159 Å². The summed E-state index contributed by atoms with van der Waals surface area (Å²) in [5.74, 6) is -0.345. The normalized spacial score (nSPS) is 11.8. The number of guanidine groups is 1. The van der Waals surface area contributed by atoms with Crippen LogP contribution in [0.15, 0.2) is 23.2 Å². The fourth-order valence-electron chi connectivity index (χ4n) is 1.72. The van der Waals surface area contributed by atoms with E-state index in [0.29, 0.717) is 31.0 Å². The monoisotopic (exact) mass is 457 g/mol. The van der Waals surface area contributed by atoms with Crippen LogP contribution in [-0.2, 0) is 6.42 Å². The van der Waals surface area contributed by atoms with E-state index >= 15 is 0 Å². The summed E-state index contributed by atoms with van der Waals surface area (Å²) in [5.41, 5.74) is 0.495. The number of hydrogen-bond acceptors (Lipinski definition) is 2. The maximum atomic E-state index is 13.6. The molecule has 0 saturated carbocycles. The number of benzene rings is 1. The van der Waals surface area contributed by atoms with Crippen molar-refractivity contribution in [3.63, 3.8) is 0 Å². The topological polar surface area (TPSA) is 36.4 Å².